The number of nitrogens with one attached hydrogen (secondary N) is 1. The number of amides is 1. The monoisotopic (exact) mass is 326 g/mol. The molecular formula is C17H22N6O. The average Bonchev–Trinajstić information content (AvgIpc) is 3.03. The number of rotatable bonds is 4. The summed E-state index contributed by atoms with van der Waals surface area (Å²) in [7, 11) is 0. The minimum atomic E-state index is -0.0590. The van der Waals surface area contributed by atoms with Crippen molar-refractivity contribution in [3.63, 3.8) is 0 Å². The van der Waals surface area contributed by atoms with Crippen molar-refractivity contribution in [1.82, 2.24) is 25.3 Å². The zero-order valence-electron chi connectivity index (χ0n) is 14.3. The summed E-state index contributed by atoms with van der Waals surface area (Å²) in [4.78, 5) is 31.2. The van der Waals surface area contributed by atoms with Crippen LogP contribution in [0.2, 0.25) is 0 Å². The molecule has 0 aliphatic carbocycles. The summed E-state index contributed by atoms with van der Waals surface area (Å²) >= 11 is 0. The van der Waals surface area contributed by atoms with Crippen LogP contribution in [0.4, 0.5) is 5.82 Å². The molecule has 126 valence electrons. The number of carbonyl (C=O) groups is 1. The van der Waals surface area contributed by atoms with Gasteiger partial charge in [0.05, 0.1) is 11.7 Å². The maximum atomic E-state index is 11.3. The third-order valence-electron chi connectivity index (χ3n) is 4.17. The van der Waals surface area contributed by atoms with Crippen LogP contribution in [0, 0.1) is 13.8 Å². The van der Waals surface area contributed by atoms with Gasteiger partial charge in [0.25, 0.3) is 0 Å². The summed E-state index contributed by atoms with van der Waals surface area (Å²) in [5, 5.41) is 2.85. The van der Waals surface area contributed by atoms with Gasteiger partial charge in [-0.05, 0) is 32.8 Å². The number of anilines is 1. The Bertz CT molecular complexity index is 748. The fraction of sp³-hybridized carbons (Fsp3) is 0.471. The van der Waals surface area contributed by atoms with Crippen LogP contribution < -0.4 is 10.2 Å². The van der Waals surface area contributed by atoms with Crippen LogP contribution >= 0.6 is 0 Å². The van der Waals surface area contributed by atoms with Gasteiger partial charge >= 0.3 is 0 Å². The summed E-state index contributed by atoms with van der Waals surface area (Å²) in [5.74, 6) is 2.36. The van der Waals surface area contributed by atoms with E-state index in [1.807, 2.05) is 26.1 Å². The molecule has 1 amide bonds. The van der Waals surface area contributed by atoms with Crippen molar-refractivity contribution in [2.75, 3.05) is 11.4 Å². The van der Waals surface area contributed by atoms with E-state index in [0.717, 1.165) is 48.1 Å². The van der Waals surface area contributed by atoms with Crippen LogP contribution in [0.25, 0.3) is 0 Å². The molecule has 7 heteroatoms. The Balaban J connectivity index is 1.94. The highest BCUT2D eigenvalue weighted by atomic mass is 16.1. The van der Waals surface area contributed by atoms with Crippen LogP contribution in [-0.2, 0) is 11.3 Å². The zero-order valence-corrected chi connectivity index (χ0v) is 14.3. The van der Waals surface area contributed by atoms with Crippen molar-refractivity contribution in [2.45, 2.75) is 46.2 Å². The van der Waals surface area contributed by atoms with E-state index in [9.17, 15) is 4.79 Å². The molecule has 0 saturated carbocycles. The molecule has 3 rings (SSSR count). The number of hydrogen-bond acceptors (Lipinski definition) is 6. The van der Waals surface area contributed by atoms with Gasteiger partial charge in [-0.1, -0.05) is 0 Å². The first kappa shape index (κ1) is 16.3. The third-order valence-corrected chi connectivity index (χ3v) is 4.17. The largest absolute Gasteiger partial charge is 0.352 e. The lowest BCUT2D eigenvalue weighted by Gasteiger charge is -2.27. The smallest absolute Gasteiger partial charge is 0.217 e. The van der Waals surface area contributed by atoms with E-state index in [1.165, 1.54) is 6.92 Å². The Kier molecular flexibility index (Phi) is 4.69. The Morgan fingerprint density at radius 2 is 2.08 bits per heavy atom. The third kappa shape index (κ3) is 3.50. The summed E-state index contributed by atoms with van der Waals surface area (Å²) < 4.78 is 0. The van der Waals surface area contributed by atoms with Gasteiger partial charge in [0.2, 0.25) is 5.91 Å². The van der Waals surface area contributed by atoms with Crippen LogP contribution in [0.5, 0.6) is 0 Å². The summed E-state index contributed by atoms with van der Waals surface area (Å²) in [6.07, 6.45) is 5.69. The molecule has 1 atom stereocenters. The average molecular weight is 326 g/mol. The first-order valence-electron chi connectivity index (χ1n) is 8.17. The van der Waals surface area contributed by atoms with Gasteiger partial charge in [-0.25, -0.2) is 19.9 Å². The highest BCUT2D eigenvalue weighted by molar-refractivity contribution is 5.72. The lowest BCUT2D eigenvalue weighted by atomic mass is 10.1. The molecule has 1 N–H and O–H groups in total. The quantitative estimate of drug-likeness (QED) is 0.923. The highest BCUT2D eigenvalue weighted by Gasteiger charge is 2.30. The van der Waals surface area contributed by atoms with Crippen LogP contribution in [0.1, 0.15) is 48.7 Å². The molecule has 3 heterocycles. The minimum absolute atomic E-state index is 0.0590. The molecule has 0 unspecified atom stereocenters. The first-order chi connectivity index (χ1) is 11.5. The van der Waals surface area contributed by atoms with E-state index in [4.69, 9.17) is 0 Å². The number of nitrogens with zero attached hydrogens (tertiary/aromatic N) is 5. The van der Waals surface area contributed by atoms with Gasteiger partial charge in [0.15, 0.2) is 0 Å². The maximum Gasteiger partial charge on any atom is 0.217 e. The molecule has 0 spiro atoms. The molecule has 0 aromatic carbocycles. The van der Waals surface area contributed by atoms with Crippen LogP contribution in [0.3, 0.4) is 0 Å². The van der Waals surface area contributed by atoms with Gasteiger partial charge in [-0.3, -0.25) is 4.79 Å². The van der Waals surface area contributed by atoms with Crippen molar-refractivity contribution < 1.29 is 4.79 Å². The van der Waals surface area contributed by atoms with Crippen molar-refractivity contribution in [1.29, 1.82) is 0 Å². The zero-order chi connectivity index (χ0) is 17.1. The lowest BCUT2D eigenvalue weighted by Crippen LogP contribution is -2.27. The highest BCUT2D eigenvalue weighted by Crippen LogP contribution is 2.35. The SMILES string of the molecule is CC(=O)NCc1cnc(C)nc1[C@@H]1CCCN1c1ccnc(C)n1. The number of aryl methyl sites for hydroxylation is 2. The van der Waals surface area contributed by atoms with Crippen molar-refractivity contribution in [3.05, 3.63) is 41.4 Å². The van der Waals surface area contributed by atoms with Crippen LogP contribution in [-0.4, -0.2) is 32.4 Å². The molecule has 2 aromatic heterocycles. The Morgan fingerprint density at radius 1 is 1.29 bits per heavy atom. The Labute approximate surface area is 141 Å². The van der Waals surface area contributed by atoms with Crippen molar-refractivity contribution >= 4 is 11.7 Å². The van der Waals surface area contributed by atoms with Crippen molar-refractivity contribution in [3.8, 4) is 0 Å². The first-order valence-corrected chi connectivity index (χ1v) is 8.17. The lowest BCUT2D eigenvalue weighted by molar-refractivity contribution is -0.119. The molecule has 0 radical (unpaired) electrons. The fourth-order valence-electron chi connectivity index (χ4n) is 3.09. The molecule has 1 fully saturated rings. The van der Waals surface area contributed by atoms with Gasteiger partial charge in [-0.15, -0.1) is 0 Å². The normalized spacial score (nSPS) is 17.1. The summed E-state index contributed by atoms with van der Waals surface area (Å²) in [5.41, 5.74) is 1.93. The van der Waals surface area contributed by atoms with Gasteiger partial charge in [-0.2, -0.15) is 0 Å². The van der Waals surface area contributed by atoms with Gasteiger partial charge in [0, 0.05) is 38.0 Å². The minimum Gasteiger partial charge on any atom is -0.352 e. The standard InChI is InChI=1S/C17H22N6O/c1-11-18-7-6-16(21-11)23-8-4-5-15(23)17-14(10-20-13(3)24)9-19-12(2)22-17/h6-7,9,15H,4-5,8,10H2,1-3H3,(H,20,24)/t15-/m0/s1. The Hall–Kier alpha value is -2.57. The molecule has 24 heavy (non-hydrogen) atoms. The number of hydrogen-bond donors (Lipinski definition) is 1. The van der Waals surface area contributed by atoms with E-state index >= 15 is 0 Å². The molecule has 2 aromatic rings. The van der Waals surface area contributed by atoms with Gasteiger partial charge < -0.3 is 10.2 Å². The topological polar surface area (TPSA) is 83.9 Å². The van der Waals surface area contributed by atoms with Gasteiger partial charge in [0.1, 0.15) is 17.5 Å². The predicted octanol–water partition coefficient (Wildman–Crippen LogP) is 1.86. The molecule has 1 aliphatic heterocycles. The molecule has 1 saturated heterocycles. The van der Waals surface area contributed by atoms with E-state index in [0.29, 0.717) is 6.54 Å². The van der Waals surface area contributed by atoms with E-state index in [1.54, 1.807) is 6.20 Å². The number of carbonyl (C=O) groups excluding carboxylic acids is 1. The predicted molar refractivity (Wildman–Crippen MR) is 90.4 cm³/mol. The van der Waals surface area contributed by atoms with Crippen LogP contribution in [0.15, 0.2) is 18.5 Å². The summed E-state index contributed by atoms with van der Waals surface area (Å²) in [6.45, 7) is 6.67. The second kappa shape index (κ2) is 6.90. The molecule has 7 nitrogen and oxygen atoms in total. The fourth-order valence-corrected chi connectivity index (χ4v) is 3.09. The molecule has 0 bridgehead atoms. The second-order valence-electron chi connectivity index (χ2n) is 6.05. The molecular weight excluding hydrogens is 304 g/mol. The van der Waals surface area contributed by atoms with E-state index in [2.05, 4.69) is 30.2 Å². The van der Waals surface area contributed by atoms with Crippen molar-refractivity contribution in [2.24, 2.45) is 0 Å². The van der Waals surface area contributed by atoms with E-state index in [-0.39, 0.29) is 11.9 Å². The number of aromatic nitrogens is 4. The second-order valence-corrected chi connectivity index (χ2v) is 6.05. The molecule has 1 aliphatic rings. The van der Waals surface area contributed by atoms with E-state index < -0.39 is 0 Å². The summed E-state index contributed by atoms with van der Waals surface area (Å²) in [6, 6.07) is 2.08. The Morgan fingerprint density at radius 3 is 2.83 bits per heavy atom. The maximum absolute atomic E-state index is 11.3.